The zero-order valence-corrected chi connectivity index (χ0v) is 15.2. The Morgan fingerprint density at radius 2 is 2.21 bits per heavy atom. The largest absolute Gasteiger partial charge is 0.463 e. The first-order valence-corrected chi connectivity index (χ1v) is 7.74. The number of furan rings is 1. The molecule has 1 saturated heterocycles. The van der Waals surface area contributed by atoms with Gasteiger partial charge in [-0.25, -0.2) is 4.98 Å². The number of amides is 1. The van der Waals surface area contributed by atoms with Crippen LogP contribution in [0.4, 0.5) is 0 Å². The van der Waals surface area contributed by atoms with Crippen LogP contribution in [0.15, 0.2) is 34.9 Å². The fourth-order valence-electron chi connectivity index (χ4n) is 2.79. The van der Waals surface area contributed by atoms with Crippen LogP contribution in [0.1, 0.15) is 28.9 Å². The highest BCUT2D eigenvalue weighted by molar-refractivity contribution is 5.95. The zero-order valence-electron chi connectivity index (χ0n) is 13.6. The lowest BCUT2D eigenvalue weighted by Gasteiger charge is -2.23. The van der Waals surface area contributed by atoms with Gasteiger partial charge in [-0.15, -0.1) is 24.8 Å². The number of hydrogen-bond acceptors (Lipinski definition) is 4. The number of carbonyl (C=O) groups is 1. The van der Waals surface area contributed by atoms with Crippen LogP contribution in [0.3, 0.4) is 0 Å². The number of pyridine rings is 1. The van der Waals surface area contributed by atoms with Gasteiger partial charge in [-0.2, -0.15) is 0 Å². The van der Waals surface area contributed by atoms with Crippen LogP contribution < -0.4 is 10.6 Å². The maximum Gasteiger partial charge on any atom is 0.253 e. The van der Waals surface area contributed by atoms with Crippen LogP contribution in [-0.4, -0.2) is 30.5 Å². The van der Waals surface area contributed by atoms with E-state index in [1.54, 1.807) is 6.26 Å². The summed E-state index contributed by atoms with van der Waals surface area (Å²) in [5.74, 6) is 1.18. The maximum atomic E-state index is 12.3. The lowest BCUT2D eigenvalue weighted by atomic mass is 9.99. The molecule has 2 aromatic rings. The quantitative estimate of drug-likeness (QED) is 0.865. The number of rotatable bonds is 4. The van der Waals surface area contributed by atoms with E-state index in [0.717, 1.165) is 18.8 Å². The average molecular weight is 372 g/mol. The van der Waals surface area contributed by atoms with Gasteiger partial charge < -0.3 is 15.1 Å². The Hall–Kier alpha value is -1.56. The van der Waals surface area contributed by atoms with Gasteiger partial charge >= 0.3 is 0 Å². The van der Waals surface area contributed by atoms with Crippen molar-refractivity contribution in [1.29, 1.82) is 0 Å². The maximum absolute atomic E-state index is 12.3. The Morgan fingerprint density at radius 1 is 1.38 bits per heavy atom. The molecule has 0 saturated carbocycles. The van der Waals surface area contributed by atoms with E-state index in [1.165, 1.54) is 12.8 Å². The molecule has 1 aliphatic heterocycles. The third-order valence-electron chi connectivity index (χ3n) is 4.05. The number of nitrogens with zero attached hydrogens (tertiary/aromatic N) is 1. The van der Waals surface area contributed by atoms with Gasteiger partial charge in [-0.3, -0.25) is 4.79 Å². The van der Waals surface area contributed by atoms with Gasteiger partial charge in [0.25, 0.3) is 5.91 Å². The fraction of sp³-hybridized carbons (Fsp3) is 0.412. The molecule has 1 aliphatic rings. The number of carbonyl (C=O) groups excluding carboxylic acids is 1. The summed E-state index contributed by atoms with van der Waals surface area (Å²) in [6.07, 6.45) is 3.96. The van der Waals surface area contributed by atoms with E-state index < -0.39 is 0 Å². The molecule has 2 N–H and O–H groups in total. The number of halogens is 2. The van der Waals surface area contributed by atoms with Crippen LogP contribution in [0, 0.1) is 12.8 Å². The molecule has 1 fully saturated rings. The topological polar surface area (TPSA) is 67.2 Å². The molecule has 3 heterocycles. The molecule has 7 heteroatoms. The Kier molecular flexibility index (Phi) is 8.25. The van der Waals surface area contributed by atoms with Crippen molar-refractivity contribution in [2.45, 2.75) is 19.8 Å². The molecule has 0 spiro atoms. The molecule has 5 nitrogen and oxygen atoms in total. The van der Waals surface area contributed by atoms with Crippen molar-refractivity contribution in [2.24, 2.45) is 5.92 Å². The smallest absolute Gasteiger partial charge is 0.253 e. The number of aromatic nitrogens is 1. The van der Waals surface area contributed by atoms with E-state index in [2.05, 4.69) is 15.6 Å². The minimum absolute atomic E-state index is 0. The van der Waals surface area contributed by atoms with Crippen molar-refractivity contribution in [3.05, 3.63) is 41.8 Å². The minimum atomic E-state index is -0.0541. The highest BCUT2D eigenvalue weighted by Gasteiger charge is 2.16. The molecule has 1 atom stereocenters. The standard InChI is InChI=1S/C17H21N3O2.2ClH/c1-12-14(6-7-15(20-12)16-5-3-9-22-16)17(21)19-11-13-4-2-8-18-10-13;;/h3,5-7,9,13,18H,2,4,8,10-11H2,1H3,(H,19,21);2*1H. The molecule has 3 rings (SSSR count). The van der Waals surface area contributed by atoms with Crippen molar-refractivity contribution >= 4 is 30.7 Å². The number of aryl methyl sites for hydroxylation is 1. The molecule has 24 heavy (non-hydrogen) atoms. The van der Waals surface area contributed by atoms with Crippen molar-refractivity contribution in [3.63, 3.8) is 0 Å². The molecule has 0 aromatic carbocycles. The molecule has 1 unspecified atom stereocenters. The monoisotopic (exact) mass is 371 g/mol. The molecule has 1 amide bonds. The van der Waals surface area contributed by atoms with Crippen LogP contribution in [-0.2, 0) is 0 Å². The third-order valence-corrected chi connectivity index (χ3v) is 4.05. The molecule has 0 bridgehead atoms. The van der Waals surface area contributed by atoms with E-state index in [-0.39, 0.29) is 30.7 Å². The van der Waals surface area contributed by atoms with Gasteiger partial charge in [-0.1, -0.05) is 0 Å². The summed E-state index contributed by atoms with van der Waals surface area (Å²) in [4.78, 5) is 16.8. The first-order chi connectivity index (χ1) is 10.7. The van der Waals surface area contributed by atoms with Crippen molar-refractivity contribution in [2.75, 3.05) is 19.6 Å². The number of hydrogen-bond donors (Lipinski definition) is 2. The second-order valence-corrected chi connectivity index (χ2v) is 5.73. The summed E-state index contributed by atoms with van der Waals surface area (Å²) in [5, 5.41) is 6.38. The van der Waals surface area contributed by atoms with Crippen molar-refractivity contribution in [3.8, 4) is 11.5 Å². The van der Waals surface area contributed by atoms with E-state index in [9.17, 15) is 4.79 Å². The Morgan fingerprint density at radius 3 is 2.83 bits per heavy atom. The van der Waals surface area contributed by atoms with Crippen molar-refractivity contribution in [1.82, 2.24) is 15.6 Å². The Balaban J connectivity index is 0.00000144. The number of piperidine rings is 1. The number of nitrogens with one attached hydrogen (secondary N) is 2. The van der Waals surface area contributed by atoms with Gasteiger partial charge in [0, 0.05) is 6.54 Å². The van der Waals surface area contributed by atoms with Crippen LogP contribution in [0.25, 0.3) is 11.5 Å². The second-order valence-electron chi connectivity index (χ2n) is 5.73. The third kappa shape index (κ3) is 4.97. The molecular formula is C17H23Cl2N3O2. The van der Waals surface area contributed by atoms with E-state index in [1.807, 2.05) is 31.2 Å². The minimum Gasteiger partial charge on any atom is -0.463 e. The van der Waals surface area contributed by atoms with E-state index >= 15 is 0 Å². The predicted octanol–water partition coefficient (Wildman–Crippen LogP) is 3.22. The van der Waals surface area contributed by atoms with E-state index in [4.69, 9.17) is 4.42 Å². The summed E-state index contributed by atoms with van der Waals surface area (Å²) in [5.41, 5.74) is 2.09. The molecule has 132 valence electrons. The summed E-state index contributed by atoms with van der Waals surface area (Å²) >= 11 is 0. The summed E-state index contributed by atoms with van der Waals surface area (Å²) < 4.78 is 5.33. The highest BCUT2D eigenvalue weighted by atomic mass is 35.5. The Labute approximate surface area is 154 Å². The average Bonchev–Trinajstić information content (AvgIpc) is 3.08. The Bertz CT molecular complexity index is 641. The second kappa shape index (κ2) is 9.67. The van der Waals surface area contributed by atoms with Gasteiger partial charge in [0.2, 0.25) is 0 Å². The summed E-state index contributed by atoms with van der Waals surface area (Å²) in [7, 11) is 0. The summed E-state index contributed by atoms with van der Waals surface area (Å²) in [6.45, 7) is 4.63. The van der Waals surface area contributed by atoms with Gasteiger partial charge in [0.15, 0.2) is 5.76 Å². The van der Waals surface area contributed by atoms with Gasteiger partial charge in [-0.05, 0) is 63.0 Å². The van der Waals surface area contributed by atoms with Crippen LogP contribution >= 0.6 is 24.8 Å². The fourth-order valence-corrected chi connectivity index (χ4v) is 2.79. The molecule has 0 radical (unpaired) electrons. The first-order valence-electron chi connectivity index (χ1n) is 7.74. The first kappa shape index (κ1) is 20.5. The molecule has 0 aliphatic carbocycles. The SMILES string of the molecule is Cc1nc(-c2ccco2)ccc1C(=O)NCC1CCCNC1.Cl.Cl. The zero-order chi connectivity index (χ0) is 15.4. The molecule has 2 aromatic heterocycles. The van der Waals surface area contributed by atoms with Crippen LogP contribution in [0.5, 0.6) is 0 Å². The lowest BCUT2D eigenvalue weighted by Crippen LogP contribution is -2.38. The summed E-state index contributed by atoms with van der Waals surface area (Å²) in [6, 6.07) is 7.32. The molecular weight excluding hydrogens is 349 g/mol. The van der Waals surface area contributed by atoms with Crippen LogP contribution in [0.2, 0.25) is 0 Å². The van der Waals surface area contributed by atoms with E-state index in [0.29, 0.717) is 29.5 Å². The van der Waals surface area contributed by atoms with Gasteiger partial charge in [0.05, 0.1) is 17.5 Å². The predicted molar refractivity (Wildman–Crippen MR) is 99.1 cm³/mol. The van der Waals surface area contributed by atoms with Gasteiger partial charge in [0.1, 0.15) is 5.69 Å². The highest BCUT2D eigenvalue weighted by Crippen LogP contribution is 2.19. The van der Waals surface area contributed by atoms with Crippen molar-refractivity contribution < 1.29 is 9.21 Å². The lowest BCUT2D eigenvalue weighted by molar-refractivity contribution is 0.0944. The normalized spacial score (nSPS) is 16.6.